The van der Waals surface area contributed by atoms with Crippen molar-refractivity contribution in [3.63, 3.8) is 0 Å². The number of aromatic nitrogens is 3. The van der Waals surface area contributed by atoms with Gasteiger partial charge in [0.1, 0.15) is 17.9 Å². The average Bonchev–Trinajstić information content (AvgIpc) is 3.11. The van der Waals surface area contributed by atoms with E-state index in [1.807, 2.05) is 12.1 Å². The van der Waals surface area contributed by atoms with Crippen LogP contribution >= 0.6 is 0 Å². The Morgan fingerprint density at radius 3 is 2.42 bits per heavy atom. The maximum atomic E-state index is 13.0. The second-order valence-electron chi connectivity index (χ2n) is 5.06. The molecule has 24 heavy (non-hydrogen) atoms. The highest BCUT2D eigenvalue weighted by Crippen LogP contribution is 2.19. The van der Waals surface area contributed by atoms with Crippen LogP contribution in [0.3, 0.4) is 0 Å². The zero-order chi connectivity index (χ0) is 17.1. The smallest absolute Gasteiger partial charge is 0.350 e. The van der Waals surface area contributed by atoms with E-state index in [9.17, 15) is 9.18 Å². The fourth-order valence-corrected chi connectivity index (χ4v) is 2.16. The predicted molar refractivity (Wildman–Crippen MR) is 87.6 cm³/mol. The SMILES string of the molecule is COc1ccc(-c2ncn(C(=O)N(C)c3ccc(F)cc3)n2)cc1. The first-order valence-electron chi connectivity index (χ1n) is 7.18. The zero-order valence-corrected chi connectivity index (χ0v) is 13.2. The Balaban J connectivity index is 1.81. The molecule has 0 aliphatic carbocycles. The molecule has 3 rings (SSSR count). The molecular weight excluding hydrogens is 311 g/mol. The molecule has 7 heteroatoms. The van der Waals surface area contributed by atoms with Crippen LogP contribution in [0.2, 0.25) is 0 Å². The van der Waals surface area contributed by atoms with E-state index in [-0.39, 0.29) is 5.82 Å². The molecule has 0 spiro atoms. The van der Waals surface area contributed by atoms with Crippen LogP contribution in [0.15, 0.2) is 54.9 Å². The third kappa shape index (κ3) is 3.10. The molecule has 1 amide bonds. The van der Waals surface area contributed by atoms with Crippen molar-refractivity contribution < 1.29 is 13.9 Å². The van der Waals surface area contributed by atoms with Crippen molar-refractivity contribution in [1.29, 1.82) is 0 Å². The van der Waals surface area contributed by atoms with E-state index in [0.29, 0.717) is 11.5 Å². The Labute approximate surface area is 138 Å². The van der Waals surface area contributed by atoms with Gasteiger partial charge in [-0.1, -0.05) is 0 Å². The van der Waals surface area contributed by atoms with Gasteiger partial charge in [-0.2, -0.15) is 4.68 Å². The van der Waals surface area contributed by atoms with E-state index < -0.39 is 6.03 Å². The van der Waals surface area contributed by atoms with Crippen LogP contribution in [0.1, 0.15) is 0 Å². The van der Waals surface area contributed by atoms with Crippen LogP contribution in [0.5, 0.6) is 5.75 Å². The standard InChI is InChI=1S/C17H15FN4O2/c1-21(14-7-5-13(18)6-8-14)17(23)22-11-19-16(20-22)12-3-9-15(24-2)10-4-12/h3-11H,1-2H3. The largest absolute Gasteiger partial charge is 0.497 e. The van der Waals surface area contributed by atoms with E-state index in [1.165, 1.54) is 35.5 Å². The fraction of sp³-hybridized carbons (Fsp3) is 0.118. The molecule has 0 fully saturated rings. The van der Waals surface area contributed by atoms with Gasteiger partial charge in [0.05, 0.1) is 7.11 Å². The molecule has 0 aliphatic rings. The molecule has 1 heterocycles. The van der Waals surface area contributed by atoms with Gasteiger partial charge in [-0.05, 0) is 48.5 Å². The summed E-state index contributed by atoms with van der Waals surface area (Å²) in [5.41, 5.74) is 1.33. The highest BCUT2D eigenvalue weighted by Gasteiger charge is 2.16. The first-order valence-corrected chi connectivity index (χ1v) is 7.18. The lowest BCUT2D eigenvalue weighted by molar-refractivity contribution is 0.246. The van der Waals surface area contributed by atoms with Gasteiger partial charge in [-0.3, -0.25) is 4.90 Å². The molecule has 0 saturated carbocycles. The molecule has 2 aromatic carbocycles. The van der Waals surface area contributed by atoms with Crippen LogP contribution in [0.4, 0.5) is 14.9 Å². The van der Waals surface area contributed by atoms with Crippen LogP contribution in [-0.4, -0.2) is 35.0 Å². The molecule has 0 N–H and O–H groups in total. The summed E-state index contributed by atoms with van der Waals surface area (Å²) in [6.45, 7) is 0. The van der Waals surface area contributed by atoms with E-state index >= 15 is 0 Å². The second-order valence-corrected chi connectivity index (χ2v) is 5.06. The topological polar surface area (TPSA) is 60.3 Å². The number of ether oxygens (including phenoxy) is 1. The van der Waals surface area contributed by atoms with E-state index in [1.54, 1.807) is 26.3 Å². The normalized spacial score (nSPS) is 10.5. The van der Waals surface area contributed by atoms with Gasteiger partial charge in [0, 0.05) is 18.3 Å². The summed E-state index contributed by atoms with van der Waals surface area (Å²) >= 11 is 0. The minimum Gasteiger partial charge on any atom is -0.497 e. The minimum absolute atomic E-state index is 0.359. The van der Waals surface area contributed by atoms with Crippen molar-refractivity contribution in [2.24, 2.45) is 0 Å². The molecule has 0 radical (unpaired) electrons. The van der Waals surface area contributed by atoms with Gasteiger partial charge in [0.2, 0.25) is 0 Å². The summed E-state index contributed by atoms with van der Waals surface area (Å²) in [5.74, 6) is 0.797. The number of carbonyl (C=O) groups is 1. The number of halogens is 1. The Morgan fingerprint density at radius 1 is 1.12 bits per heavy atom. The number of hydrogen-bond acceptors (Lipinski definition) is 4. The molecule has 3 aromatic rings. The maximum absolute atomic E-state index is 13.0. The number of benzene rings is 2. The number of rotatable bonds is 3. The third-order valence-corrected chi connectivity index (χ3v) is 3.54. The summed E-state index contributed by atoms with van der Waals surface area (Å²) < 4.78 is 19.2. The monoisotopic (exact) mass is 326 g/mol. The number of amides is 1. The van der Waals surface area contributed by atoms with E-state index in [4.69, 9.17) is 4.74 Å². The maximum Gasteiger partial charge on any atom is 0.350 e. The summed E-state index contributed by atoms with van der Waals surface area (Å²) in [6, 6.07) is 12.5. The van der Waals surface area contributed by atoms with Crippen molar-refractivity contribution in [1.82, 2.24) is 14.8 Å². The second kappa shape index (κ2) is 6.49. The number of nitrogens with zero attached hydrogens (tertiary/aromatic N) is 4. The Bertz CT molecular complexity index is 844. The molecule has 6 nitrogen and oxygen atoms in total. The number of carbonyl (C=O) groups excluding carboxylic acids is 1. The van der Waals surface area contributed by atoms with Crippen molar-refractivity contribution in [2.75, 3.05) is 19.1 Å². The van der Waals surface area contributed by atoms with Crippen molar-refractivity contribution in [2.45, 2.75) is 0 Å². The van der Waals surface area contributed by atoms with E-state index in [2.05, 4.69) is 10.1 Å². The van der Waals surface area contributed by atoms with E-state index in [0.717, 1.165) is 16.0 Å². The van der Waals surface area contributed by atoms with Gasteiger partial charge in [0.25, 0.3) is 0 Å². The Morgan fingerprint density at radius 2 is 1.79 bits per heavy atom. The lowest BCUT2D eigenvalue weighted by Crippen LogP contribution is -2.31. The van der Waals surface area contributed by atoms with Crippen LogP contribution in [0.25, 0.3) is 11.4 Å². The first-order chi connectivity index (χ1) is 11.6. The molecule has 0 aliphatic heterocycles. The summed E-state index contributed by atoms with van der Waals surface area (Å²) in [7, 11) is 3.18. The molecule has 122 valence electrons. The highest BCUT2D eigenvalue weighted by molar-refractivity contribution is 5.92. The van der Waals surface area contributed by atoms with Gasteiger partial charge < -0.3 is 4.74 Å². The number of anilines is 1. The lowest BCUT2D eigenvalue weighted by atomic mass is 10.2. The van der Waals surface area contributed by atoms with Gasteiger partial charge in [-0.15, -0.1) is 5.10 Å². The lowest BCUT2D eigenvalue weighted by Gasteiger charge is -2.16. The molecular formula is C17H15FN4O2. The highest BCUT2D eigenvalue weighted by atomic mass is 19.1. The number of hydrogen-bond donors (Lipinski definition) is 0. The van der Waals surface area contributed by atoms with Gasteiger partial charge in [0.15, 0.2) is 5.82 Å². The van der Waals surface area contributed by atoms with Crippen molar-refractivity contribution >= 4 is 11.7 Å². The number of methoxy groups -OCH3 is 1. The zero-order valence-electron chi connectivity index (χ0n) is 13.2. The third-order valence-electron chi connectivity index (χ3n) is 3.54. The minimum atomic E-state index is -0.395. The molecule has 1 aromatic heterocycles. The quantitative estimate of drug-likeness (QED) is 0.741. The van der Waals surface area contributed by atoms with Gasteiger partial charge >= 0.3 is 6.03 Å². The van der Waals surface area contributed by atoms with Crippen LogP contribution in [0, 0.1) is 5.82 Å². The molecule has 0 atom stereocenters. The first kappa shape index (κ1) is 15.7. The summed E-state index contributed by atoms with van der Waals surface area (Å²) in [4.78, 5) is 18.0. The molecule has 0 bridgehead atoms. The fourth-order valence-electron chi connectivity index (χ4n) is 2.16. The van der Waals surface area contributed by atoms with Crippen LogP contribution < -0.4 is 9.64 Å². The predicted octanol–water partition coefficient (Wildman–Crippen LogP) is 3.20. The summed E-state index contributed by atoms with van der Waals surface area (Å²) in [6.07, 6.45) is 1.35. The molecule has 0 saturated heterocycles. The average molecular weight is 326 g/mol. The Hall–Kier alpha value is -3.22. The van der Waals surface area contributed by atoms with Crippen LogP contribution in [-0.2, 0) is 0 Å². The summed E-state index contributed by atoms with van der Waals surface area (Å²) in [5, 5.41) is 4.20. The Kier molecular flexibility index (Phi) is 4.24. The molecule has 0 unspecified atom stereocenters. The van der Waals surface area contributed by atoms with Crippen molar-refractivity contribution in [3.8, 4) is 17.1 Å². The van der Waals surface area contributed by atoms with Crippen molar-refractivity contribution in [3.05, 3.63) is 60.7 Å². The van der Waals surface area contributed by atoms with Gasteiger partial charge in [-0.25, -0.2) is 14.2 Å².